The van der Waals surface area contributed by atoms with Gasteiger partial charge in [0, 0.05) is 10.6 Å². The van der Waals surface area contributed by atoms with Crippen LogP contribution in [0, 0.1) is 0 Å². The Hall–Kier alpha value is -0.410. The van der Waals surface area contributed by atoms with Crippen molar-refractivity contribution in [2.75, 3.05) is 5.73 Å². The maximum atomic E-state index is 5.62. The van der Waals surface area contributed by atoms with Gasteiger partial charge in [0.15, 0.2) is 0 Å². The van der Waals surface area contributed by atoms with E-state index in [-0.39, 0.29) is 29.6 Å². The zero-order chi connectivity index (χ0) is 9.97. The van der Waals surface area contributed by atoms with Gasteiger partial charge >= 0.3 is 29.6 Å². The Morgan fingerprint density at radius 1 is 0.867 bits per heavy atom. The molecule has 0 unspecified atom stereocenters. The van der Waals surface area contributed by atoms with Gasteiger partial charge in [-0.15, -0.1) is 12.6 Å². The van der Waals surface area contributed by atoms with Gasteiger partial charge in [-0.3, -0.25) is 0 Å². The summed E-state index contributed by atoms with van der Waals surface area (Å²) in [5.74, 6) is 0. The third kappa shape index (κ3) is 3.02. The zero-order valence-electron chi connectivity index (χ0n) is 7.64. The molecule has 0 aliphatic rings. The summed E-state index contributed by atoms with van der Waals surface area (Å²) >= 11 is 4.40. The zero-order valence-corrected chi connectivity index (χ0v) is 8.54. The van der Waals surface area contributed by atoms with Crippen molar-refractivity contribution in [2.24, 2.45) is 0 Å². The summed E-state index contributed by atoms with van der Waals surface area (Å²) in [6.45, 7) is 0. The van der Waals surface area contributed by atoms with Gasteiger partial charge in [0.25, 0.3) is 0 Å². The first-order chi connectivity index (χ1) is 6.77. The van der Waals surface area contributed by atoms with Gasteiger partial charge in [-0.2, -0.15) is 0 Å². The van der Waals surface area contributed by atoms with Crippen molar-refractivity contribution >= 4 is 47.9 Å². The van der Waals surface area contributed by atoms with E-state index in [1.165, 1.54) is 0 Å². The van der Waals surface area contributed by atoms with E-state index in [2.05, 4.69) is 12.6 Å². The average Bonchev–Trinajstić information content (AvgIpc) is 2.20. The van der Waals surface area contributed by atoms with Gasteiger partial charge in [0.2, 0.25) is 0 Å². The van der Waals surface area contributed by atoms with E-state index in [9.17, 15) is 0 Å². The molecule has 0 radical (unpaired) electrons. The van der Waals surface area contributed by atoms with Crippen molar-refractivity contribution in [1.82, 2.24) is 0 Å². The summed E-state index contributed by atoms with van der Waals surface area (Å²) in [6, 6.07) is 15.8. The Kier molecular flexibility index (Phi) is 4.74. The van der Waals surface area contributed by atoms with Crippen LogP contribution in [0.1, 0.15) is 0 Å². The van der Waals surface area contributed by atoms with Crippen LogP contribution in [-0.2, 0) is 0 Å². The second-order valence-corrected chi connectivity index (χ2v) is 3.62. The second-order valence-electron chi connectivity index (χ2n) is 3.14. The normalized spacial score (nSPS) is 9.40. The SMILES string of the molecule is Nc1ccc(-c2ccccc2S)cc1.[NaH]. The van der Waals surface area contributed by atoms with Crippen molar-refractivity contribution in [1.29, 1.82) is 0 Å². The van der Waals surface area contributed by atoms with Gasteiger partial charge in [-0.1, -0.05) is 30.3 Å². The molecule has 0 bridgehead atoms. The van der Waals surface area contributed by atoms with Crippen LogP contribution in [0.3, 0.4) is 0 Å². The molecule has 2 N–H and O–H groups in total. The number of thiol groups is 1. The van der Waals surface area contributed by atoms with Crippen LogP contribution in [0.5, 0.6) is 0 Å². The van der Waals surface area contributed by atoms with Crippen LogP contribution < -0.4 is 5.73 Å². The van der Waals surface area contributed by atoms with Crippen molar-refractivity contribution in [3.05, 3.63) is 48.5 Å². The molecule has 0 amide bonds. The number of nitrogens with two attached hydrogens (primary N) is 1. The van der Waals surface area contributed by atoms with Crippen LogP contribution in [0.4, 0.5) is 5.69 Å². The molecule has 0 atom stereocenters. The van der Waals surface area contributed by atoms with Crippen molar-refractivity contribution in [2.45, 2.75) is 4.90 Å². The first kappa shape index (κ1) is 12.7. The monoisotopic (exact) mass is 225 g/mol. The molecule has 0 aliphatic heterocycles. The Morgan fingerprint density at radius 3 is 2.07 bits per heavy atom. The number of benzene rings is 2. The maximum absolute atomic E-state index is 5.62. The Morgan fingerprint density at radius 2 is 1.47 bits per heavy atom. The molecule has 2 aromatic carbocycles. The number of anilines is 1. The predicted molar refractivity (Wildman–Crippen MR) is 70.7 cm³/mol. The fourth-order valence-corrected chi connectivity index (χ4v) is 1.67. The Bertz CT molecular complexity index is 440. The number of hydrogen-bond donors (Lipinski definition) is 2. The van der Waals surface area contributed by atoms with Crippen molar-refractivity contribution < 1.29 is 0 Å². The summed E-state index contributed by atoms with van der Waals surface area (Å²) in [5.41, 5.74) is 8.68. The molecule has 0 spiro atoms. The molecule has 15 heavy (non-hydrogen) atoms. The number of hydrogen-bond acceptors (Lipinski definition) is 2. The molecular formula is C12H12NNaS. The summed E-state index contributed by atoms with van der Waals surface area (Å²) in [5, 5.41) is 0. The number of nitrogen functional groups attached to an aromatic ring is 1. The molecule has 3 heteroatoms. The first-order valence-corrected chi connectivity index (χ1v) is 4.86. The summed E-state index contributed by atoms with van der Waals surface area (Å²) in [4.78, 5) is 0.984. The van der Waals surface area contributed by atoms with E-state index in [1.807, 2.05) is 48.5 Å². The summed E-state index contributed by atoms with van der Waals surface area (Å²) in [6.07, 6.45) is 0. The quantitative estimate of drug-likeness (QED) is 0.435. The van der Waals surface area contributed by atoms with Gasteiger partial charge in [-0.25, -0.2) is 0 Å². The topological polar surface area (TPSA) is 26.0 Å². The standard InChI is InChI=1S/C12H11NS.Na.H/c13-10-7-5-9(6-8-10)11-3-1-2-4-12(11)14;;/h1-8,14H,13H2;;. The van der Waals surface area contributed by atoms with Gasteiger partial charge in [-0.05, 0) is 29.3 Å². The molecule has 2 aromatic rings. The fourth-order valence-electron chi connectivity index (χ4n) is 1.38. The van der Waals surface area contributed by atoms with Crippen molar-refractivity contribution in [3.63, 3.8) is 0 Å². The summed E-state index contributed by atoms with van der Waals surface area (Å²) in [7, 11) is 0. The van der Waals surface area contributed by atoms with Crippen molar-refractivity contribution in [3.8, 4) is 11.1 Å². The van der Waals surface area contributed by atoms with Gasteiger partial charge in [0.05, 0.1) is 0 Å². The first-order valence-electron chi connectivity index (χ1n) is 4.41. The summed E-state index contributed by atoms with van der Waals surface area (Å²) < 4.78 is 0. The molecule has 72 valence electrons. The van der Waals surface area contributed by atoms with E-state index in [0.717, 1.165) is 21.7 Å². The van der Waals surface area contributed by atoms with E-state index in [0.29, 0.717) is 0 Å². The van der Waals surface area contributed by atoms with Crippen LogP contribution in [0.2, 0.25) is 0 Å². The molecule has 0 saturated carbocycles. The molecule has 0 heterocycles. The van der Waals surface area contributed by atoms with Gasteiger partial charge < -0.3 is 5.73 Å². The fraction of sp³-hybridized carbons (Fsp3) is 0. The van der Waals surface area contributed by atoms with E-state index >= 15 is 0 Å². The molecule has 0 aromatic heterocycles. The predicted octanol–water partition coefficient (Wildman–Crippen LogP) is 2.58. The molecule has 0 aliphatic carbocycles. The van der Waals surface area contributed by atoms with E-state index in [4.69, 9.17) is 5.73 Å². The molecular weight excluding hydrogens is 213 g/mol. The van der Waals surface area contributed by atoms with Crippen LogP contribution in [0.25, 0.3) is 11.1 Å². The Labute approximate surface area is 117 Å². The average molecular weight is 225 g/mol. The third-order valence-corrected chi connectivity index (χ3v) is 2.52. The van der Waals surface area contributed by atoms with Crippen LogP contribution in [-0.4, -0.2) is 29.6 Å². The molecule has 0 fully saturated rings. The molecule has 2 rings (SSSR count). The molecule has 0 saturated heterocycles. The minimum absolute atomic E-state index is 0. The van der Waals surface area contributed by atoms with Crippen LogP contribution in [0.15, 0.2) is 53.4 Å². The number of rotatable bonds is 1. The van der Waals surface area contributed by atoms with E-state index in [1.54, 1.807) is 0 Å². The molecule has 1 nitrogen and oxygen atoms in total. The minimum atomic E-state index is 0. The van der Waals surface area contributed by atoms with Crippen LogP contribution >= 0.6 is 12.6 Å². The second kappa shape index (κ2) is 5.61. The Balaban J connectivity index is 0.00000112. The third-order valence-electron chi connectivity index (χ3n) is 2.13. The van der Waals surface area contributed by atoms with E-state index < -0.39 is 0 Å². The van der Waals surface area contributed by atoms with Gasteiger partial charge in [0.1, 0.15) is 0 Å².